The lowest BCUT2D eigenvalue weighted by molar-refractivity contribution is 0.471. The zero-order chi connectivity index (χ0) is 13.2. The van der Waals surface area contributed by atoms with E-state index in [1.807, 2.05) is 0 Å². The summed E-state index contributed by atoms with van der Waals surface area (Å²) in [6.07, 6.45) is 2.42. The van der Waals surface area contributed by atoms with Gasteiger partial charge < -0.3 is 5.32 Å². The Bertz CT molecular complexity index is 567. The Morgan fingerprint density at radius 3 is 2.25 bits per heavy atom. The van der Waals surface area contributed by atoms with Crippen LogP contribution in [-0.4, -0.2) is 7.05 Å². The molecule has 1 nitrogen and oxygen atoms in total. The van der Waals surface area contributed by atoms with Crippen molar-refractivity contribution < 1.29 is 0 Å². The second-order valence-corrected chi connectivity index (χ2v) is 6.07. The molecule has 0 aromatic heterocycles. The van der Waals surface area contributed by atoms with E-state index in [0.29, 0.717) is 12.0 Å². The van der Waals surface area contributed by atoms with Crippen LogP contribution >= 0.6 is 28.3 Å². The molecule has 0 unspecified atom stereocenters. The Morgan fingerprint density at radius 2 is 1.60 bits per heavy atom. The molecule has 2 aromatic carbocycles. The van der Waals surface area contributed by atoms with Crippen LogP contribution in [0.4, 0.5) is 0 Å². The predicted octanol–water partition coefficient (Wildman–Crippen LogP) is 5.06. The van der Waals surface area contributed by atoms with Crippen molar-refractivity contribution in [3.8, 4) is 0 Å². The van der Waals surface area contributed by atoms with Crippen molar-refractivity contribution in [3.05, 3.63) is 69.7 Å². The molecule has 2 atom stereocenters. The molecular formula is C17H19BrClN. The lowest BCUT2D eigenvalue weighted by Crippen LogP contribution is -2.24. The smallest absolute Gasteiger partial charge is 0.0320 e. The normalized spacial score (nSPS) is 20.9. The largest absolute Gasteiger partial charge is 0.313 e. The van der Waals surface area contributed by atoms with Gasteiger partial charge in [-0.05, 0) is 48.7 Å². The Balaban J connectivity index is 0.00000147. The minimum absolute atomic E-state index is 0. The summed E-state index contributed by atoms with van der Waals surface area (Å²) in [6, 6.07) is 18.1. The van der Waals surface area contributed by atoms with Gasteiger partial charge in [0.15, 0.2) is 0 Å². The summed E-state index contributed by atoms with van der Waals surface area (Å²) in [5.41, 5.74) is 4.37. The number of fused-ring (bicyclic) bond motifs is 1. The molecule has 2 aromatic rings. The minimum atomic E-state index is 0. The SMILES string of the molecule is CN[C@@H]1CC[C@H](c2ccc(Br)cc2)c2ccccc21.Cl. The first-order valence-corrected chi connectivity index (χ1v) is 7.60. The minimum Gasteiger partial charge on any atom is -0.313 e. The molecule has 1 aliphatic carbocycles. The summed E-state index contributed by atoms with van der Waals surface area (Å²) < 4.78 is 1.15. The van der Waals surface area contributed by atoms with Crippen LogP contribution in [0.25, 0.3) is 0 Å². The maximum absolute atomic E-state index is 3.51. The molecule has 0 saturated heterocycles. The fourth-order valence-corrected chi connectivity index (χ4v) is 3.40. The standard InChI is InChI=1S/C17H18BrN.ClH/c1-19-17-11-10-14(12-6-8-13(18)9-7-12)15-4-2-3-5-16(15)17;/h2-9,14,17,19H,10-11H2,1H3;1H/t14-,17-;/m1./s1. The number of nitrogens with one attached hydrogen (secondary N) is 1. The monoisotopic (exact) mass is 351 g/mol. The summed E-state index contributed by atoms with van der Waals surface area (Å²) >= 11 is 3.51. The average molecular weight is 353 g/mol. The molecule has 1 aliphatic rings. The van der Waals surface area contributed by atoms with Crippen LogP contribution in [0, 0.1) is 0 Å². The molecule has 0 aliphatic heterocycles. The highest BCUT2D eigenvalue weighted by Gasteiger charge is 2.26. The highest BCUT2D eigenvalue weighted by Crippen LogP contribution is 2.41. The third-order valence-electron chi connectivity index (χ3n) is 4.11. The van der Waals surface area contributed by atoms with E-state index in [1.165, 1.54) is 29.5 Å². The third kappa shape index (κ3) is 2.93. The number of rotatable bonds is 2. The third-order valence-corrected chi connectivity index (χ3v) is 4.64. The molecule has 0 heterocycles. The van der Waals surface area contributed by atoms with Gasteiger partial charge in [0, 0.05) is 16.4 Å². The Morgan fingerprint density at radius 1 is 0.950 bits per heavy atom. The zero-order valence-electron chi connectivity index (χ0n) is 11.5. The molecule has 0 spiro atoms. The second kappa shape index (κ2) is 6.75. The Hall–Kier alpha value is -0.830. The van der Waals surface area contributed by atoms with Gasteiger partial charge in [-0.25, -0.2) is 0 Å². The number of hydrogen-bond donors (Lipinski definition) is 1. The summed E-state index contributed by atoms with van der Waals surface area (Å²) in [5, 5.41) is 3.43. The van der Waals surface area contributed by atoms with E-state index >= 15 is 0 Å². The number of benzene rings is 2. The summed E-state index contributed by atoms with van der Waals surface area (Å²) in [7, 11) is 2.06. The summed E-state index contributed by atoms with van der Waals surface area (Å²) in [4.78, 5) is 0. The maximum Gasteiger partial charge on any atom is 0.0320 e. The van der Waals surface area contributed by atoms with E-state index in [1.54, 1.807) is 0 Å². The lowest BCUT2D eigenvalue weighted by atomic mass is 9.77. The van der Waals surface area contributed by atoms with Crippen LogP contribution in [0.3, 0.4) is 0 Å². The molecule has 106 valence electrons. The first-order chi connectivity index (χ1) is 9.29. The van der Waals surface area contributed by atoms with Gasteiger partial charge in [-0.1, -0.05) is 52.3 Å². The number of halogens is 2. The van der Waals surface area contributed by atoms with E-state index in [4.69, 9.17) is 0 Å². The van der Waals surface area contributed by atoms with E-state index in [9.17, 15) is 0 Å². The van der Waals surface area contributed by atoms with Gasteiger partial charge >= 0.3 is 0 Å². The first kappa shape index (κ1) is 15.6. The predicted molar refractivity (Wildman–Crippen MR) is 90.7 cm³/mol. The van der Waals surface area contributed by atoms with Crippen molar-refractivity contribution in [2.24, 2.45) is 0 Å². The lowest BCUT2D eigenvalue weighted by Gasteiger charge is -2.31. The zero-order valence-corrected chi connectivity index (χ0v) is 13.9. The van der Waals surface area contributed by atoms with Crippen molar-refractivity contribution in [2.75, 3.05) is 7.05 Å². The van der Waals surface area contributed by atoms with Crippen LogP contribution in [0.2, 0.25) is 0 Å². The maximum atomic E-state index is 3.51. The van der Waals surface area contributed by atoms with Crippen LogP contribution in [-0.2, 0) is 0 Å². The molecule has 3 heteroatoms. The molecular weight excluding hydrogens is 334 g/mol. The molecule has 0 radical (unpaired) electrons. The van der Waals surface area contributed by atoms with Gasteiger partial charge in [0.05, 0.1) is 0 Å². The summed E-state index contributed by atoms with van der Waals surface area (Å²) in [6.45, 7) is 0. The fraction of sp³-hybridized carbons (Fsp3) is 0.294. The van der Waals surface area contributed by atoms with Gasteiger partial charge in [-0.2, -0.15) is 0 Å². The molecule has 0 bridgehead atoms. The van der Waals surface area contributed by atoms with Crippen molar-refractivity contribution in [2.45, 2.75) is 24.8 Å². The Kier molecular flexibility index (Phi) is 5.25. The quantitative estimate of drug-likeness (QED) is 0.797. The van der Waals surface area contributed by atoms with Crippen molar-refractivity contribution in [3.63, 3.8) is 0 Å². The van der Waals surface area contributed by atoms with Gasteiger partial charge in [-0.15, -0.1) is 12.4 Å². The van der Waals surface area contributed by atoms with Crippen molar-refractivity contribution >= 4 is 28.3 Å². The highest BCUT2D eigenvalue weighted by atomic mass is 79.9. The van der Waals surface area contributed by atoms with Crippen molar-refractivity contribution in [1.29, 1.82) is 0 Å². The van der Waals surface area contributed by atoms with Gasteiger partial charge in [0.25, 0.3) is 0 Å². The van der Waals surface area contributed by atoms with Gasteiger partial charge in [0.2, 0.25) is 0 Å². The van der Waals surface area contributed by atoms with Crippen LogP contribution in [0.5, 0.6) is 0 Å². The summed E-state index contributed by atoms with van der Waals surface area (Å²) in [5.74, 6) is 0.536. The number of hydrogen-bond acceptors (Lipinski definition) is 1. The molecule has 0 saturated carbocycles. The van der Waals surface area contributed by atoms with E-state index in [0.717, 1.165) is 4.47 Å². The van der Waals surface area contributed by atoms with Crippen LogP contribution in [0.15, 0.2) is 53.0 Å². The molecule has 20 heavy (non-hydrogen) atoms. The second-order valence-electron chi connectivity index (χ2n) is 5.15. The molecule has 0 amide bonds. The average Bonchev–Trinajstić information content (AvgIpc) is 2.47. The van der Waals surface area contributed by atoms with Gasteiger partial charge in [0.1, 0.15) is 0 Å². The molecule has 0 fully saturated rings. The first-order valence-electron chi connectivity index (χ1n) is 6.81. The van der Waals surface area contributed by atoms with Crippen LogP contribution < -0.4 is 5.32 Å². The van der Waals surface area contributed by atoms with Crippen molar-refractivity contribution in [1.82, 2.24) is 5.32 Å². The van der Waals surface area contributed by atoms with Gasteiger partial charge in [-0.3, -0.25) is 0 Å². The topological polar surface area (TPSA) is 12.0 Å². The fourth-order valence-electron chi connectivity index (χ4n) is 3.13. The van der Waals surface area contributed by atoms with E-state index in [-0.39, 0.29) is 12.4 Å². The molecule has 1 N–H and O–H groups in total. The van der Waals surface area contributed by atoms with E-state index in [2.05, 4.69) is 76.8 Å². The van der Waals surface area contributed by atoms with Crippen LogP contribution in [0.1, 0.15) is 41.5 Å². The highest BCUT2D eigenvalue weighted by molar-refractivity contribution is 9.10. The Labute approximate surface area is 135 Å². The van der Waals surface area contributed by atoms with E-state index < -0.39 is 0 Å². The molecule has 3 rings (SSSR count).